The Morgan fingerprint density at radius 2 is 1.86 bits per heavy atom. The lowest BCUT2D eigenvalue weighted by atomic mass is 10.0. The minimum atomic E-state index is 0.210. The average Bonchev–Trinajstić information content (AvgIpc) is 2.52. The maximum atomic E-state index is 5.81. The van der Waals surface area contributed by atoms with Crippen LogP contribution in [0.25, 0.3) is 0 Å². The lowest BCUT2D eigenvalue weighted by molar-refractivity contribution is 0.203. The molecule has 0 radical (unpaired) electrons. The molecule has 1 aromatic heterocycles. The number of pyridine rings is 1. The molecule has 0 spiro atoms. The van der Waals surface area contributed by atoms with Gasteiger partial charge in [0.15, 0.2) is 0 Å². The SMILES string of the molecule is CCN(Cc1ccncc1)C(CC(N)=S)c1ccccc1. The lowest BCUT2D eigenvalue weighted by Crippen LogP contribution is -2.31. The van der Waals surface area contributed by atoms with Crippen molar-refractivity contribution in [1.29, 1.82) is 0 Å². The predicted molar refractivity (Wildman–Crippen MR) is 90.9 cm³/mol. The highest BCUT2D eigenvalue weighted by Gasteiger charge is 2.20. The van der Waals surface area contributed by atoms with Crippen molar-refractivity contribution in [2.45, 2.75) is 25.9 Å². The molecule has 2 aromatic rings. The first-order chi connectivity index (χ1) is 10.2. The van der Waals surface area contributed by atoms with Gasteiger partial charge in [0.25, 0.3) is 0 Å². The first-order valence-corrected chi connectivity index (χ1v) is 7.57. The molecule has 4 heteroatoms. The molecule has 0 fully saturated rings. The minimum absolute atomic E-state index is 0.210. The smallest absolute Gasteiger partial charge is 0.0746 e. The van der Waals surface area contributed by atoms with Crippen LogP contribution in [0.1, 0.15) is 30.5 Å². The van der Waals surface area contributed by atoms with Gasteiger partial charge in [0.1, 0.15) is 0 Å². The van der Waals surface area contributed by atoms with Gasteiger partial charge < -0.3 is 5.73 Å². The van der Waals surface area contributed by atoms with Crippen molar-refractivity contribution in [1.82, 2.24) is 9.88 Å². The van der Waals surface area contributed by atoms with Crippen LogP contribution in [0.3, 0.4) is 0 Å². The number of rotatable bonds is 7. The molecule has 1 aromatic carbocycles. The maximum Gasteiger partial charge on any atom is 0.0746 e. The van der Waals surface area contributed by atoms with Gasteiger partial charge in [-0.1, -0.05) is 49.5 Å². The van der Waals surface area contributed by atoms with Gasteiger partial charge >= 0.3 is 0 Å². The van der Waals surface area contributed by atoms with Crippen LogP contribution in [0.2, 0.25) is 0 Å². The topological polar surface area (TPSA) is 42.2 Å². The second-order valence-corrected chi connectivity index (χ2v) is 5.54. The Hall–Kier alpha value is -1.78. The van der Waals surface area contributed by atoms with Crippen LogP contribution in [0.5, 0.6) is 0 Å². The molecule has 0 aliphatic heterocycles. The summed E-state index contributed by atoms with van der Waals surface area (Å²) >= 11 is 5.14. The molecule has 21 heavy (non-hydrogen) atoms. The average molecular weight is 299 g/mol. The molecule has 1 atom stereocenters. The number of nitrogens with zero attached hydrogens (tertiary/aromatic N) is 2. The predicted octanol–water partition coefficient (Wildman–Crippen LogP) is 3.32. The lowest BCUT2D eigenvalue weighted by Gasteiger charge is -2.31. The molecule has 2 N–H and O–H groups in total. The van der Waals surface area contributed by atoms with E-state index in [9.17, 15) is 0 Å². The Bertz CT molecular complexity index is 557. The Balaban J connectivity index is 2.23. The van der Waals surface area contributed by atoms with Gasteiger partial charge in [0.05, 0.1) is 4.99 Å². The van der Waals surface area contributed by atoms with Crippen LogP contribution in [0, 0.1) is 0 Å². The zero-order valence-corrected chi connectivity index (χ0v) is 13.1. The van der Waals surface area contributed by atoms with E-state index in [0.29, 0.717) is 11.4 Å². The molecular formula is C17H21N3S. The van der Waals surface area contributed by atoms with E-state index in [1.807, 2.05) is 30.6 Å². The first-order valence-electron chi connectivity index (χ1n) is 7.17. The standard InChI is InChI=1S/C17H21N3S/c1-2-20(13-14-8-10-19-11-9-14)16(12-17(18)21)15-6-4-3-5-7-15/h3-11,16H,2,12-13H2,1H3,(H2,18,21). The first kappa shape index (κ1) is 15.6. The Kier molecular flexibility index (Phi) is 5.84. The summed E-state index contributed by atoms with van der Waals surface area (Å²) in [6.07, 6.45) is 4.35. The second-order valence-electron chi connectivity index (χ2n) is 5.02. The van der Waals surface area contributed by atoms with Crippen molar-refractivity contribution >= 4 is 17.2 Å². The van der Waals surface area contributed by atoms with E-state index in [1.54, 1.807) is 0 Å². The van der Waals surface area contributed by atoms with Gasteiger partial charge in [0.2, 0.25) is 0 Å². The van der Waals surface area contributed by atoms with Crippen LogP contribution in [-0.4, -0.2) is 21.4 Å². The summed E-state index contributed by atoms with van der Waals surface area (Å²) in [4.78, 5) is 7.02. The van der Waals surface area contributed by atoms with E-state index >= 15 is 0 Å². The highest BCUT2D eigenvalue weighted by molar-refractivity contribution is 7.80. The number of aromatic nitrogens is 1. The molecule has 1 unspecified atom stereocenters. The van der Waals surface area contributed by atoms with Gasteiger partial charge in [-0.3, -0.25) is 9.88 Å². The van der Waals surface area contributed by atoms with E-state index in [0.717, 1.165) is 13.1 Å². The third-order valence-corrected chi connectivity index (χ3v) is 3.73. The molecular weight excluding hydrogens is 278 g/mol. The van der Waals surface area contributed by atoms with Crippen LogP contribution >= 0.6 is 12.2 Å². The van der Waals surface area contributed by atoms with Crippen molar-refractivity contribution in [3.63, 3.8) is 0 Å². The van der Waals surface area contributed by atoms with Gasteiger partial charge in [-0.25, -0.2) is 0 Å². The molecule has 0 aliphatic carbocycles. The number of nitrogens with two attached hydrogens (primary N) is 1. The van der Waals surface area contributed by atoms with Gasteiger partial charge in [-0.05, 0) is 29.8 Å². The normalized spacial score (nSPS) is 12.3. The van der Waals surface area contributed by atoms with E-state index < -0.39 is 0 Å². The second kappa shape index (κ2) is 7.86. The number of benzene rings is 1. The van der Waals surface area contributed by atoms with E-state index in [2.05, 4.69) is 41.1 Å². The molecule has 0 saturated heterocycles. The summed E-state index contributed by atoms with van der Waals surface area (Å²) in [7, 11) is 0. The van der Waals surface area contributed by atoms with Gasteiger partial charge in [-0.15, -0.1) is 0 Å². The molecule has 0 aliphatic rings. The largest absolute Gasteiger partial charge is 0.393 e. The summed E-state index contributed by atoms with van der Waals surface area (Å²) in [5.74, 6) is 0. The summed E-state index contributed by atoms with van der Waals surface area (Å²) in [6.45, 7) is 3.96. The summed E-state index contributed by atoms with van der Waals surface area (Å²) in [6, 6.07) is 14.7. The van der Waals surface area contributed by atoms with E-state index in [4.69, 9.17) is 18.0 Å². The van der Waals surface area contributed by atoms with Crippen LogP contribution in [0.15, 0.2) is 54.9 Å². The number of hydrogen-bond donors (Lipinski definition) is 1. The van der Waals surface area contributed by atoms with Crippen molar-refractivity contribution in [2.24, 2.45) is 5.73 Å². The Labute approximate surface area is 131 Å². The molecule has 110 valence electrons. The van der Waals surface area contributed by atoms with Crippen LogP contribution in [-0.2, 0) is 6.54 Å². The highest BCUT2D eigenvalue weighted by Crippen LogP contribution is 2.25. The molecule has 0 amide bonds. The molecule has 0 bridgehead atoms. The van der Waals surface area contributed by atoms with Crippen molar-refractivity contribution < 1.29 is 0 Å². The fourth-order valence-corrected chi connectivity index (χ4v) is 2.65. The molecule has 0 saturated carbocycles. The summed E-state index contributed by atoms with van der Waals surface area (Å²) in [5, 5.41) is 0. The fraction of sp³-hybridized carbons (Fsp3) is 0.294. The van der Waals surface area contributed by atoms with Crippen molar-refractivity contribution in [3.05, 3.63) is 66.0 Å². The monoisotopic (exact) mass is 299 g/mol. The van der Waals surface area contributed by atoms with Gasteiger partial charge in [0, 0.05) is 31.4 Å². The van der Waals surface area contributed by atoms with E-state index in [-0.39, 0.29) is 6.04 Å². The van der Waals surface area contributed by atoms with Gasteiger partial charge in [-0.2, -0.15) is 0 Å². The zero-order valence-electron chi connectivity index (χ0n) is 12.3. The zero-order chi connectivity index (χ0) is 15.1. The summed E-state index contributed by atoms with van der Waals surface area (Å²) < 4.78 is 0. The van der Waals surface area contributed by atoms with Crippen molar-refractivity contribution in [3.8, 4) is 0 Å². The Morgan fingerprint density at radius 3 is 2.43 bits per heavy atom. The molecule has 1 heterocycles. The van der Waals surface area contributed by atoms with E-state index in [1.165, 1.54) is 11.1 Å². The third-order valence-electron chi connectivity index (χ3n) is 3.56. The third kappa shape index (κ3) is 4.62. The minimum Gasteiger partial charge on any atom is -0.393 e. The van der Waals surface area contributed by atoms with Crippen molar-refractivity contribution in [2.75, 3.05) is 6.54 Å². The van der Waals surface area contributed by atoms with Crippen LogP contribution in [0.4, 0.5) is 0 Å². The highest BCUT2D eigenvalue weighted by atomic mass is 32.1. The number of thiocarbonyl (C=S) groups is 1. The quantitative estimate of drug-likeness (QED) is 0.796. The van der Waals surface area contributed by atoms with Crippen LogP contribution < -0.4 is 5.73 Å². The molecule has 2 rings (SSSR count). The number of hydrogen-bond acceptors (Lipinski definition) is 3. The summed E-state index contributed by atoms with van der Waals surface area (Å²) in [5.41, 5.74) is 8.31. The molecule has 3 nitrogen and oxygen atoms in total. The fourth-order valence-electron chi connectivity index (χ4n) is 2.49. The maximum absolute atomic E-state index is 5.81. The Morgan fingerprint density at radius 1 is 1.19 bits per heavy atom.